The van der Waals surface area contributed by atoms with Crippen molar-refractivity contribution in [1.82, 2.24) is 14.5 Å². The molecule has 10 rings (SSSR count). The lowest BCUT2D eigenvalue weighted by molar-refractivity contribution is 0.667. The first-order valence-corrected chi connectivity index (χ1v) is 16.3. The van der Waals surface area contributed by atoms with E-state index in [0.717, 1.165) is 38.6 Å². The molecule has 0 spiro atoms. The summed E-state index contributed by atoms with van der Waals surface area (Å²) in [6.07, 6.45) is 0. The molecule has 0 bridgehead atoms. The van der Waals surface area contributed by atoms with Gasteiger partial charge in [0, 0.05) is 42.1 Å². The minimum absolute atomic E-state index is 0.0523. The van der Waals surface area contributed by atoms with E-state index in [4.69, 9.17) is 9.97 Å². The van der Waals surface area contributed by atoms with Gasteiger partial charge in [-0.3, -0.25) is 4.57 Å². The van der Waals surface area contributed by atoms with Crippen LogP contribution < -0.4 is 0 Å². The van der Waals surface area contributed by atoms with E-state index < -0.39 is 0 Å². The molecule has 1 aliphatic carbocycles. The zero-order valence-electron chi connectivity index (χ0n) is 24.9. The third kappa shape index (κ3) is 3.29. The Morgan fingerprint density at radius 3 is 2.22 bits per heavy atom. The van der Waals surface area contributed by atoms with Gasteiger partial charge in [0.2, 0.25) is 5.95 Å². The van der Waals surface area contributed by atoms with Gasteiger partial charge >= 0.3 is 0 Å². The topological polar surface area (TPSA) is 30.7 Å². The Kier molecular flexibility index (Phi) is 4.94. The zero-order valence-corrected chi connectivity index (χ0v) is 25.7. The van der Waals surface area contributed by atoms with E-state index in [1.165, 1.54) is 47.8 Å². The number of rotatable bonds is 2. The van der Waals surface area contributed by atoms with Crippen LogP contribution in [0.3, 0.4) is 0 Å². The Morgan fingerprint density at radius 2 is 1.33 bits per heavy atom. The molecule has 0 atom stereocenters. The Hall–Kier alpha value is -5.32. The van der Waals surface area contributed by atoms with E-state index >= 15 is 0 Å². The molecule has 45 heavy (non-hydrogen) atoms. The molecule has 3 aromatic heterocycles. The number of hydrogen-bond donors (Lipinski definition) is 0. The highest BCUT2D eigenvalue weighted by Crippen LogP contribution is 2.56. The fourth-order valence-corrected chi connectivity index (χ4v) is 9.32. The van der Waals surface area contributed by atoms with Crippen molar-refractivity contribution in [3.8, 4) is 27.6 Å². The maximum atomic E-state index is 5.37. The average molecular weight is 594 g/mol. The van der Waals surface area contributed by atoms with E-state index in [-0.39, 0.29) is 5.41 Å². The third-order valence-corrected chi connectivity index (χ3v) is 11.0. The molecule has 1 aliphatic rings. The first-order valence-electron chi connectivity index (χ1n) is 15.4. The minimum atomic E-state index is -0.0523. The van der Waals surface area contributed by atoms with Gasteiger partial charge in [0.25, 0.3) is 0 Å². The number of benzene rings is 6. The van der Waals surface area contributed by atoms with Crippen LogP contribution in [0.25, 0.3) is 81.2 Å². The van der Waals surface area contributed by atoms with Gasteiger partial charge in [-0.25, -0.2) is 9.97 Å². The summed E-state index contributed by atoms with van der Waals surface area (Å²) in [7, 11) is 0. The summed E-state index contributed by atoms with van der Waals surface area (Å²) >= 11 is 1.93. The standard InChI is InChI=1S/C41H27N3S/c1-41(2)31-18-10-8-16-27(31)39-35(41)29-22-23-33-34(38(29)45-39)28-17-9-11-19-32(28)44(33)40-42-36(25-13-4-3-5-14-25)30-21-20-24-12-6-7-15-26(24)37(30)43-40/h3-23H,1-2H3. The van der Waals surface area contributed by atoms with Crippen LogP contribution in [0.1, 0.15) is 25.0 Å². The largest absolute Gasteiger partial charge is 0.278 e. The third-order valence-electron chi connectivity index (χ3n) is 9.79. The van der Waals surface area contributed by atoms with Gasteiger partial charge in [-0.05, 0) is 45.7 Å². The molecule has 9 aromatic rings. The molecule has 0 saturated heterocycles. The van der Waals surface area contributed by atoms with Gasteiger partial charge in [-0.15, -0.1) is 11.3 Å². The van der Waals surface area contributed by atoms with Gasteiger partial charge in [0.1, 0.15) is 0 Å². The summed E-state index contributed by atoms with van der Waals surface area (Å²) in [5, 5.41) is 7.22. The fraction of sp³-hybridized carbons (Fsp3) is 0.0732. The van der Waals surface area contributed by atoms with Gasteiger partial charge < -0.3 is 0 Å². The SMILES string of the molecule is CC1(C)c2ccccc2-c2sc3c(ccc4c3c3ccccc3n4-c3nc(-c4ccccc4)c4ccc5ccccc5c4n3)c21. The van der Waals surface area contributed by atoms with Crippen molar-refractivity contribution in [1.29, 1.82) is 0 Å². The van der Waals surface area contributed by atoms with Crippen molar-refractivity contribution in [2.75, 3.05) is 0 Å². The Morgan fingerprint density at radius 1 is 0.600 bits per heavy atom. The smallest absolute Gasteiger partial charge is 0.235 e. The molecule has 0 radical (unpaired) electrons. The van der Waals surface area contributed by atoms with Crippen molar-refractivity contribution in [3.05, 3.63) is 139 Å². The zero-order chi connectivity index (χ0) is 29.9. The second kappa shape index (κ2) is 8.87. The number of para-hydroxylation sites is 1. The van der Waals surface area contributed by atoms with Crippen LogP contribution in [0, 0.1) is 0 Å². The molecular weight excluding hydrogens is 567 g/mol. The lowest BCUT2D eigenvalue weighted by Crippen LogP contribution is -2.14. The molecule has 0 fully saturated rings. The summed E-state index contributed by atoms with van der Waals surface area (Å²) in [5.74, 6) is 0.693. The van der Waals surface area contributed by atoms with Crippen molar-refractivity contribution in [3.63, 3.8) is 0 Å². The lowest BCUT2D eigenvalue weighted by atomic mass is 9.81. The highest BCUT2D eigenvalue weighted by Gasteiger charge is 2.39. The highest BCUT2D eigenvalue weighted by atomic mass is 32.1. The quantitative estimate of drug-likeness (QED) is 0.187. The van der Waals surface area contributed by atoms with Crippen molar-refractivity contribution in [2.24, 2.45) is 0 Å². The summed E-state index contributed by atoms with van der Waals surface area (Å²) in [6, 6.07) is 45.7. The van der Waals surface area contributed by atoms with E-state index in [0.29, 0.717) is 5.95 Å². The fourth-order valence-electron chi connectivity index (χ4n) is 7.76. The second-order valence-corrected chi connectivity index (χ2v) is 13.6. The molecule has 0 N–H and O–H groups in total. The van der Waals surface area contributed by atoms with Crippen LogP contribution in [-0.4, -0.2) is 14.5 Å². The minimum Gasteiger partial charge on any atom is -0.278 e. The normalized spacial score (nSPS) is 13.7. The Bertz CT molecular complexity index is 2680. The summed E-state index contributed by atoms with van der Waals surface area (Å²) < 4.78 is 3.62. The van der Waals surface area contributed by atoms with E-state index in [9.17, 15) is 0 Å². The second-order valence-electron chi connectivity index (χ2n) is 12.6. The Labute approximate surface area is 264 Å². The lowest BCUT2D eigenvalue weighted by Gasteiger charge is -2.21. The van der Waals surface area contributed by atoms with Crippen LogP contribution in [-0.2, 0) is 5.41 Å². The molecule has 3 heterocycles. The molecule has 0 aliphatic heterocycles. The van der Waals surface area contributed by atoms with Crippen molar-refractivity contribution >= 4 is 64.9 Å². The molecule has 3 nitrogen and oxygen atoms in total. The summed E-state index contributed by atoms with van der Waals surface area (Å²) in [5.41, 5.74) is 9.43. The molecule has 212 valence electrons. The molecule has 4 heteroatoms. The Balaban J connectivity index is 1.34. The first kappa shape index (κ1) is 25.1. The van der Waals surface area contributed by atoms with Gasteiger partial charge in [-0.2, -0.15) is 0 Å². The van der Waals surface area contributed by atoms with Crippen molar-refractivity contribution < 1.29 is 0 Å². The van der Waals surface area contributed by atoms with Gasteiger partial charge in [0.05, 0.1) is 22.2 Å². The number of fused-ring (bicyclic) bond motifs is 12. The maximum absolute atomic E-state index is 5.37. The maximum Gasteiger partial charge on any atom is 0.235 e. The van der Waals surface area contributed by atoms with Crippen LogP contribution >= 0.6 is 11.3 Å². The highest BCUT2D eigenvalue weighted by molar-refractivity contribution is 7.23. The number of hydrogen-bond acceptors (Lipinski definition) is 3. The van der Waals surface area contributed by atoms with E-state index in [2.05, 4.69) is 146 Å². The van der Waals surface area contributed by atoms with Crippen molar-refractivity contribution in [2.45, 2.75) is 19.3 Å². The van der Waals surface area contributed by atoms with Gasteiger partial charge in [-0.1, -0.05) is 123 Å². The molecule has 0 unspecified atom stereocenters. The van der Waals surface area contributed by atoms with Gasteiger partial charge in [0.15, 0.2) is 0 Å². The molecular formula is C41H27N3S. The van der Waals surface area contributed by atoms with E-state index in [1.54, 1.807) is 0 Å². The molecule has 6 aromatic carbocycles. The molecule has 0 saturated carbocycles. The first-order chi connectivity index (χ1) is 22.1. The number of nitrogens with zero attached hydrogens (tertiary/aromatic N) is 3. The number of aromatic nitrogens is 3. The predicted molar refractivity (Wildman–Crippen MR) is 190 cm³/mol. The molecule has 0 amide bonds. The summed E-state index contributed by atoms with van der Waals surface area (Å²) in [4.78, 5) is 12.1. The van der Waals surface area contributed by atoms with Crippen LogP contribution in [0.15, 0.2) is 127 Å². The van der Waals surface area contributed by atoms with E-state index in [1.807, 2.05) is 11.3 Å². The number of thiophene rings is 1. The van der Waals surface area contributed by atoms with Crippen LogP contribution in [0.4, 0.5) is 0 Å². The predicted octanol–water partition coefficient (Wildman–Crippen LogP) is 11.1. The average Bonchev–Trinajstić information content (AvgIpc) is 3.71. The van der Waals surface area contributed by atoms with Crippen LogP contribution in [0.2, 0.25) is 0 Å². The van der Waals surface area contributed by atoms with Crippen LogP contribution in [0.5, 0.6) is 0 Å². The monoisotopic (exact) mass is 593 g/mol. The summed E-state index contributed by atoms with van der Waals surface area (Å²) in [6.45, 7) is 4.74.